The molecule has 5 rings (SSSR count). The van der Waals surface area contributed by atoms with E-state index in [9.17, 15) is 9.59 Å². The molecule has 1 aliphatic carbocycles. The molecule has 2 aromatic carbocycles. The number of rotatable bonds is 6. The fraction of sp³-hybridized carbons (Fsp3) is 0.296. The van der Waals surface area contributed by atoms with Crippen LogP contribution in [-0.2, 0) is 17.6 Å². The van der Waals surface area contributed by atoms with Crippen molar-refractivity contribution in [3.05, 3.63) is 74.4 Å². The molecule has 8 heteroatoms. The molecule has 180 valence electrons. The SMILES string of the molecule is COc1cccc(NC(=O)CSc2nc3sc4c(c3c(=O)n2-c2cc(C)ccc2C)CCCC4)c1. The van der Waals surface area contributed by atoms with Gasteiger partial charge in [-0.25, -0.2) is 4.98 Å². The molecular formula is C27H27N3O3S2. The summed E-state index contributed by atoms with van der Waals surface area (Å²) in [5, 5.41) is 4.19. The van der Waals surface area contributed by atoms with Crippen molar-refractivity contribution in [3.8, 4) is 11.4 Å². The van der Waals surface area contributed by atoms with Crippen LogP contribution in [0.1, 0.15) is 34.4 Å². The Hall–Kier alpha value is -3.10. The van der Waals surface area contributed by atoms with E-state index >= 15 is 0 Å². The second-order valence-corrected chi connectivity index (χ2v) is 10.8. The predicted molar refractivity (Wildman–Crippen MR) is 144 cm³/mol. The van der Waals surface area contributed by atoms with Gasteiger partial charge in [0.25, 0.3) is 5.56 Å². The van der Waals surface area contributed by atoms with Crippen LogP contribution in [-0.4, -0.2) is 28.3 Å². The van der Waals surface area contributed by atoms with Crippen LogP contribution in [0.25, 0.3) is 15.9 Å². The number of hydrogen-bond acceptors (Lipinski definition) is 6. The summed E-state index contributed by atoms with van der Waals surface area (Å²) in [6, 6.07) is 13.3. The number of ether oxygens (including phenoxy) is 1. The third-order valence-electron chi connectivity index (χ3n) is 6.25. The molecule has 0 atom stereocenters. The minimum absolute atomic E-state index is 0.0428. The van der Waals surface area contributed by atoms with Crippen molar-refractivity contribution in [3.63, 3.8) is 0 Å². The van der Waals surface area contributed by atoms with Crippen LogP contribution in [0.3, 0.4) is 0 Å². The molecule has 0 spiro atoms. The van der Waals surface area contributed by atoms with Gasteiger partial charge in [0.05, 0.1) is 23.9 Å². The first kappa shape index (κ1) is 23.6. The highest BCUT2D eigenvalue weighted by Gasteiger charge is 2.24. The summed E-state index contributed by atoms with van der Waals surface area (Å²) in [4.78, 5) is 33.7. The molecule has 1 amide bonds. The topological polar surface area (TPSA) is 73.2 Å². The summed E-state index contributed by atoms with van der Waals surface area (Å²) in [7, 11) is 1.59. The molecule has 0 bridgehead atoms. The zero-order valence-corrected chi connectivity index (χ0v) is 21.6. The molecule has 6 nitrogen and oxygen atoms in total. The Labute approximate surface area is 212 Å². The van der Waals surface area contributed by atoms with Crippen LogP contribution >= 0.6 is 23.1 Å². The quantitative estimate of drug-likeness (QED) is 0.270. The molecule has 1 aliphatic rings. The largest absolute Gasteiger partial charge is 0.497 e. The minimum atomic E-state index is -0.171. The van der Waals surface area contributed by atoms with E-state index in [4.69, 9.17) is 9.72 Å². The summed E-state index contributed by atoms with van der Waals surface area (Å²) < 4.78 is 6.94. The first-order valence-electron chi connectivity index (χ1n) is 11.7. The third kappa shape index (κ3) is 4.73. The smallest absolute Gasteiger partial charge is 0.267 e. The van der Waals surface area contributed by atoms with Crippen LogP contribution in [0.2, 0.25) is 0 Å². The molecule has 35 heavy (non-hydrogen) atoms. The number of aromatic nitrogens is 2. The van der Waals surface area contributed by atoms with Gasteiger partial charge in [0.1, 0.15) is 10.6 Å². The zero-order valence-electron chi connectivity index (χ0n) is 20.0. The number of benzene rings is 2. The molecule has 2 aromatic heterocycles. The zero-order chi connectivity index (χ0) is 24.5. The number of hydrogen-bond donors (Lipinski definition) is 1. The van der Waals surface area contributed by atoms with E-state index in [0.29, 0.717) is 16.6 Å². The normalized spacial score (nSPS) is 13.0. The first-order chi connectivity index (χ1) is 16.9. The first-order valence-corrected chi connectivity index (χ1v) is 13.5. The molecule has 0 fully saturated rings. The van der Waals surface area contributed by atoms with Crippen molar-refractivity contribution in [2.45, 2.75) is 44.7 Å². The lowest BCUT2D eigenvalue weighted by molar-refractivity contribution is -0.113. The number of fused-ring (bicyclic) bond motifs is 3. The Morgan fingerprint density at radius 3 is 2.83 bits per heavy atom. The van der Waals surface area contributed by atoms with E-state index in [1.165, 1.54) is 22.2 Å². The van der Waals surface area contributed by atoms with Crippen molar-refractivity contribution in [1.29, 1.82) is 0 Å². The lowest BCUT2D eigenvalue weighted by Gasteiger charge is -2.16. The Kier molecular flexibility index (Phi) is 6.67. The van der Waals surface area contributed by atoms with Crippen LogP contribution in [0.4, 0.5) is 5.69 Å². The van der Waals surface area contributed by atoms with Crippen molar-refractivity contribution in [1.82, 2.24) is 9.55 Å². The molecule has 0 saturated carbocycles. The predicted octanol–water partition coefficient (Wildman–Crippen LogP) is 5.68. The summed E-state index contributed by atoms with van der Waals surface area (Å²) >= 11 is 2.91. The van der Waals surface area contributed by atoms with Gasteiger partial charge < -0.3 is 10.1 Å². The number of carbonyl (C=O) groups is 1. The number of nitrogens with zero attached hydrogens (tertiary/aromatic N) is 2. The van der Waals surface area contributed by atoms with Crippen molar-refractivity contribution < 1.29 is 9.53 Å². The van der Waals surface area contributed by atoms with E-state index < -0.39 is 0 Å². The van der Waals surface area contributed by atoms with Gasteiger partial charge in [-0.15, -0.1) is 11.3 Å². The fourth-order valence-corrected chi connectivity index (χ4v) is 6.59. The fourth-order valence-electron chi connectivity index (χ4n) is 4.48. The van der Waals surface area contributed by atoms with E-state index in [2.05, 4.69) is 5.32 Å². The highest BCUT2D eigenvalue weighted by atomic mass is 32.2. The van der Waals surface area contributed by atoms with Gasteiger partial charge >= 0.3 is 0 Å². The maximum absolute atomic E-state index is 14.0. The molecule has 2 heterocycles. The molecule has 0 saturated heterocycles. The summed E-state index contributed by atoms with van der Waals surface area (Å²) in [6.45, 7) is 4.01. The van der Waals surface area contributed by atoms with Crippen LogP contribution in [0, 0.1) is 13.8 Å². The van der Waals surface area contributed by atoms with Crippen LogP contribution in [0.15, 0.2) is 52.4 Å². The summed E-state index contributed by atoms with van der Waals surface area (Å²) in [5.41, 5.74) is 4.66. The molecular weight excluding hydrogens is 478 g/mol. The highest BCUT2D eigenvalue weighted by molar-refractivity contribution is 7.99. The lowest BCUT2D eigenvalue weighted by atomic mass is 9.97. The molecule has 0 unspecified atom stereocenters. The Morgan fingerprint density at radius 1 is 1.17 bits per heavy atom. The van der Waals surface area contributed by atoms with Crippen LogP contribution in [0.5, 0.6) is 5.75 Å². The van der Waals surface area contributed by atoms with Gasteiger partial charge in [0, 0.05) is 16.6 Å². The monoisotopic (exact) mass is 505 g/mol. The number of aryl methyl sites for hydroxylation is 4. The second kappa shape index (κ2) is 9.87. The van der Waals surface area contributed by atoms with Crippen molar-refractivity contribution in [2.24, 2.45) is 0 Å². The Balaban J connectivity index is 1.54. The van der Waals surface area contributed by atoms with Gasteiger partial charge in [0.15, 0.2) is 5.16 Å². The average Bonchev–Trinajstić information content (AvgIpc) is 3.23. The van der Waals surface area contributed by atoms with E-state index in [1.54, 1.807) is 29.1 Å². The van der Waals surface area contributed by atoms with Gasteiger partial charge in [-0.3, -0.25) is 14.2 Å². The Morgan fingerprint density at radius 2 is 2.00 bits per heavy atom. The Bertz CT molecular complexity index is 1490. The number of thioether (sulfide) groups is 1. The molecule has 1 N–H and O–H groups in total. The minimum Gasteiger partial charge on any atom is -0.497 e. The maximum Gasteiger partial charge on any atom is 0.267 e. The average molecular weight is 506 g/mol. The lowest BCUT2D eigenvalue weighted by Crippen LogP contribution is -2.24. The van der Waals surface area contributed by atoms with E-state index in [-0.39, 0.29) is 17.2 Å². The van der Waals surface area contributed by atoms with Gasteiger partial charge in [-0.2, -0.15) is 0 Å². The molecule has 0 radical (unpaired) electrons. The number of thiophene rings is 1. The van der Waals surface area contributed by atoms with E-state index in [1.807, 2.05) is 50.2 Å². The summed E-state index contributed by atoms with van der Waals surface area (Å²) in [6.07, 6.45) is 4.18. The number of amides is 1. The number of anilines is 1. The summed E-state index contributed by atoms with van der Waals surface area (Å²) in [5.74, 6) is 0.633. The van der Waals surface area contributed by atoms with Crippen molar-refractivity contribution >= 4 is 44.9 Å². The molecule has 0 aliphatic heterocycles. The van der Waals surface area contributed by atoms with Crippen molar-refractivity contribution in [2.75, 3.05) is 18.2 Å². The van der Waals surface area contributed by atoms with Gasteiger partial charge in [-0.1, -0.05) is 30.0 Å². The standard InChI is InChI=1S/C27H27N3O3S2/c1-16-11-12-17(2)21(13-16)30-26(32)24-20-9-4-5-10-22(20)35-25(24)29-27(30)34-15-23(31)28-18-7-6-8-19(14-18)33-3/h6-8,11-14H,4-5,9-10,15H2,1-3H3,(H,28,31). The molecule has 4 aromatic rings. The van der Waals surface area contributed by atoms with Gasteiger partial charge in [-0.05, 0) is 74.4 Å². The maximum atomic E-state index is 14.0. The van der Waals surface area contributed by atoms with Crippen LogP contribution < -0.4 is 15.6 Å². The number of methoxy groups -OCH3 is 1. The highest BCUT2D eigenvalue weighted by Crippen LogP contribution is 2.35. The third-order valence-corrected chi connectivity index (χ3v) is 8.37. The second-order valence-electron chi connectivity index (χ2n) is 8.78. The number of carbonyl (C=O) groups excluding carboxylic acids is 1. The number of nitrogens with one attached hydrogen (secondary N) is 1. The van der Waals surface area contributed by atoms with E-state index in [0.717, 1.165) is 52.7 Å². The van der Waals surface area contributed by atoms with Gasteiger partial charge in [0.2, 0.25) is 5.91 Å².